The SMILES string of the molecule is CC1(C)Cc2c(c(-c3ccco3)nc3sc4c(SCCc5ccccc5)ncnc4c23)CO1. The van der Waals surface area contributed by atoms with Gasteiger partial charge in [-0.3, -0.25) is 0 Å². The molecule has 0 saturated carbocycles. The van der Waals surface area contributed by atoms with E-state index in [2.05, 4.69) is 49.2 Å². The summed E-state index contributed by atoms with van der Waals surface area (Å²) in [5.74, 6) is 1.74. The molecule has 0 amide bonds. The minimum atomic E-state index is -0.240. The number of rotatable bonds is 5. The molecular formula is C26H23N3O2S2. The van der Waals surface area contributed by atoms with Crippen molar-refractivity contribution in [2.24, 2.45) is 0 Å². The van der Waals surface area contributed by atoms with Crippen LogP contribution in [0.3, 0.4) is 0 Å². The van der Waals surface area contributed by atoms with Gasteiger partial charge in [-0.1, -0.05) is 30.3 Å². The van der Waals surface area contributed by atoms with Crippen molar-refractivity contribution in [1.82, 2.24) is 15.0 Å². The van der Waals surface area contributed by atoms with Gasteiger partial charge in [-0.15, -0.1) is 23.1 Å². The van der Waals surface area contributed by atoms with Crippen LogP contribution < -0.4 is 0 Å². The number of fused-ring (bicyclic) bond motifs is 5. The van der Waals surface area contributed by atoms with Crippen molar-refractivity contribution >= 4 is 43.5 Å². The Kier molecular flexibility index (Phi) is 5.20. The summed E-state index contributed by atoms with van der Waals surface area (Å²) >= 11 is 3.47. The summed E-state index contributed by atoms with van der Waals surface area (Å²) in [5, 5.41) is 2.17. The highest BCUT2D eigenvalue weighted by atomic mass is 32.2. The van der Waals surface area contributed by atoms with E-state index in [0.717, 1.165) is 61.1 Å². The number of thioether (sulfide) groups is 1. The van der Waals surface area contributed by atoms with Gasteiger partial charge >= 0.3 is 0 Å². The van der Waals surface area contributed by atoms with E-state index in [1.165, 1.54) is 11.1 Å². The number of furan rings is 1. The van der Waals surface area contributed by atoms with Gasteiger partial charge in [0.15, 0.2) is 5.76 Å². The van der Waals surface area contributed by atoms with Crippen LogP contribution in [0.4, 0.5) is 0 Å². The molecule has 5 nitrogen and oxygen atoms in total. The zero-order valence-corrected chi connectivity index (χ0v) is 20.1. The number of benzene rings is 1. The predicted octanol–water partition coefficient (Wildman–Crippen LogP) is 6.69. The highest BCUT2D eigenvalue weighted by molar-refractivity contribution is 7.99. The Hall–Kier alpha value is -2.74. The topological polar surface area (TPSA) is 61.0 Å². The molecule has 0 N–H and O–H groups in total. The molecule has 0 atom stereocenters. The van der Waals surface area contributed by atoms with Gasteiger partial charge in [-0.05, 0) is 43.5 Å². The normalized spacial score (nSPS) is 15.2. The summed E-state index contributed by atoms with van der Waals surface area (Å²) in [6, 6.07) is 14.4. The van der Waals surface area contributed by atoms with Crippen LogP contribution in [-0.4, -0.2) is 26.3 Å². The Bertz CT molecular complexity index is 1440. The first-order chi connectivity index (χ1) is 16.1. The van der Waals surface area contributed by atoms with E-state index in [1.807, 2.05) is 12.1 Å². The molecule has 1 aliphatic rings. The van der Waals surface area contributed by atoms with Crippen LogP contribution in [0.1, 0.15) is 30.5 Å². The third-order valence-electron chi connectivity index (χ3n) is 6.02. The molecule has 5 heterocycles. The number of ether oxygens (including phenoxy) is 1. The Balaban J connectivity index is 1.47. The number of pyridine rings is 1. The van der Waals surface area contributed by atoms with Crippen LogP contribution in [-0.2, 0) is 24.2 Å². The average molecular weight is 474 g/mol. The molecule has 7 heteroatoms. The number of aromatic nitrogens is 3. The molecule has 0 bridgehead atoms. The lowest BCUT2D eigenvalue weighted by atomic mass is 9.89. The van der Waals surface area contributed by atoms with E-state index < -0.39 is 0 Å². The predicted molar refractivity (Wildman–Crippen MR) is 134 cm³/mol. The van der Waals surface area contributed by atoms with Crippen molar-refractivity contribution in [3.63, 3.8) is 0 Å². The number of nitrogens with zero attached hydrogens (tertiary/aromatic N) is 3. The van der Waals surface area contributed by atoms with Gasteiger partial charge < -0.3 is 9.15 Å². The lowest BCUT2D eigenvalue weighted by Crippen LogP contribution is -2.32. The molecular weight excluding hydrogens is 450 g/mol. The minimum Gasteiger partial charge on any atom is -0.463 e. The van der Waals surface area contributed by atoms with Gasteiger partial charge in [-0.25, -0.2) is 15.0 Å². The van der Waals surface area contributed by atoms with Gasteiger partial charge in [0.05, 0.1) is 28.7 Å². The molecule has 1 aromatic carbocycles. The highest BCUT2D eigenvalue weighted by Crippen LogP contribution is 2.44. The first kappa shape index (κ1) is 20.8. The van der Waals surface area contributed by atoms with Crippen molar-refractivity contribution in [3.8, 4) is 11.5 Å². The zero-order valence-electron chi connectivity index (χ0n) is 18.5. The third-order valence-corrected chi connectivity index (χ3v) is 8.22. The lowest BCUT2D eigenvalue weighted by molar-refractivity contribution is -0.0395. The quantitative estimate of drug-likeness (QED) is 0.209. The zero-order chi connectivity index (χ0) is 22.4. The number of thiophene rings is 1. The summed E-state index contributed by atoms with van der Waals surface area (Å²) in [6.45, 7) is 4.80. The second-order valence-corrected chi connectivity index (χ2v) is 10.9. The van der Waals surface area contributed by atoms with Crippen LogP contribution in [0.25, 0.3) is 31.9 Å². The Morgan fingerprint density at radius 1 is 1.06 bits per heavy atom. The molecule has 1 aliphatic heterocycles. The number of hydrogen-bond acceptors (Lipinski definition) is 7. The summed E-state index contributed by atoms with van der Waals surface area (Å²) in [7, 11) is 0. The first-order valence-electron chi connectivity index (χ1n) is 11.0. The van der Waals surface area contributed by atoms with Crippen molar-refractivity contribution in [1.29, 1.82) is 0 Å². The molecule has 6 rings (SSSR count). The van der Waals surface area contributed by atoms with E-state index in [9.17, 15) is 0 Å². The molecule has 0 unspecified atom stereocenters. The molecule has 0 spiro atoms. The highest BCUT2D eigenvalue weighted by Gasteiger charge is 2.32. The fourth-order valence-electron chi connectivity index (χ4n) is 4.42. The van der Waals surface area contributed by atoms with Crippen molar-refractivity contribution in [3.05, 3.63) is 71.7 Å². The van der Waals surface area contributed by atoms with Gasteiger partial charge in [0.25, 0.3) is 0 Å². The number of hydrogen-bond donors (Lipinski definition) is 0. The molecule has 0 fully saturated rings. The van der Waals surface area contributed by atoms with E-state index in [1.54, 1.807) is 35.7 Å². The smallest absolute Gasteiger partial charge is 0.152 e. The lowest BCUT2D eigenvalue weighted by Gasteiger charge is -2.32. The average Bonchev–Trinajstić information content (AvgIpc) is 3.47. The van der Waals surface area contributed by atoms with Gasteiger partial charge in [-0.2, -0.15) is 0 Å². The summed E-state index contributed by atoms with van der Waals surface area (Å²) in [4.78, 5) is 15.4. The second-order valence-electron chi connectivity index (χ2n) is 8.84. The first-order valence-corrected chi connectivity index (χ1v) is 12.8. The molecule has 0 saturated heterocycles. The molecule has 166 valence electrons. The van der Waals surface area contributed by atoms with Gasteiger partial charge in [0.1, 0.15) is 21.9 Å². The maximum Gasteiger partial charge on any atom is 0.152 e. The van der Waals surface area contributed by atoms with Crippen molar-refractivity contribution in [2.45, 2.75) is 43.9 Å². The molecule has 5 aromatic rings. The van der Waals surface area contributed by atoms with Crippen LogP contribution in [0, 0.1) is 0 Å². The summed E-state index contributed by atoms with van der Waals surface area (Å²) < 4.78 is 13.0. The Labute approximate surface area is 200 Å². The van der Waals surface area contributed by atoms with E-state index >= 15 is 0 Å². The van der Waals surface area contributed by atoms with Crippen LogP contribution in [0.5, 0.6) is 0 Å². The minimum absolute atomic E-state index is 0.240. The van der Waals surface area contributed by atoms with Crippen LogP contribution in [0.15, 0.2) is 64.5 Å². The molecule has 33 heavy (non-hydrogen) atoms. The summed E-state index contributed by atoms with van der Waals surface area (Å²) in [5.41, 5.74) is 5.35. The van der Waals surface area contributed by atoms with E-state index in [-0.39, 0.29) is 5.60 Å². The maximum absolute atomic E-state index is 6.17. The molecule has 4 aromatic heterocycles. The monoisotopic (exact) mass is 473 g/mol. The Morgan fingerprint density at radius 3 is 2.76 bits per heavy atom. The van der Waals surface area contributed by atoms with Gasteiger partial charge in [0, 0.05) is 23.1 Å². The van der Waals surface area contributed by atoms with Crippen molar-refractivity contribution < 1.29 is 9.15 Å². The van der Waals surface area contributed by atoms with Gasteiger partial charge in [0.2, 0.25) is 0 Å². The van der Waals surface area contributed by atoms with Crippen molar-refractivity contribution in [2.75, 3.05) is 5.75 Å². The second kappa shape index (κ2) is 8.24. The maximum atomic E-state index is 6.17. The fraction of sp³-hybridized carbons (Fsp3) is 0.269. The standard InChI is InChI=1S/C26H23N3O2S2/c1-26(2)13-17-18(14-31-26)21(19-9-6-11-30-19)29-24-20(17)22-23(33-24)25(28-15-27-22)32-12-10-16-7-4-3-5-8-16/h3-9,11,15H,10,12-14H2,1-2H3. The largest absolute Gasteiger partial charge is 0.463 e. The number of aryl methyl sites for hydroxylation is 1. The third kappa shape index (κ3) is 3.84. The molecule has 0 aliphatic carbocycles. The fourth-order valence-corrected chi connectivity index (χ4v) is 6.64. The summed E-state index contributed by atoms with van der Waals surface area (Å²) in [6.07, 6.45) is 5.20. The van der Waals surface area contributed by atoms with Crippen LogP contribution >= 0.6 is 23.1 Å². The van der Waals surface area contributed by atoms with E-state index in [4.69, 9.17) is 19.1 Å². The molecule has 0 radical (unpaired) electrons. The van der Waals surface area contributed by atoms with E-state index in [0.29, 0.717) is 6.61 Å². The van der Waals surface area contributed by atoms with Crippen LogP contribution in [0.2, 0.25) is 0 Å². The Morgan fingerprint density at radius 2 is 1.94 bits per heavy atom.